The number of carbonyl (C=O) groups excluding carboxylic acids is 2. The van der Waals surface area contributed by atoms with E-state index >= 15 is 0 Å². The monoisotopic (exact) mass is 659 g/mol. The third-order valence-electron chi connectivity index (χ3n) is 7.80. The molecule has 4 rings (SSSR count). The van der Waals surface area contributed by atoms with Gasteiger partial charge in [0.15, 0.2) is 0 Å². The standard InChI is InChI=1S/C33H39Cl2N3O5S/c1-4-31(33(40)36-24-9-6-7-10-24)37(21-28-29(34)11-8-12-30(28)35)32(39)22-38(25-15-17-26(18-16-25)43-5-2)44(41,42)27-19-13-23(3)14-20-27/h8,11-20,24,31H,4-7,9-10,21-22H2,1-3H3,(H,36,40)/t31-/m1/s1. The minimum absolute atomic E-state index is 0.0384. The quantitative estimate of drug-likeness (QED) is 0.219. The molecule has 3 aromatic rings. The molecule has 44 heavy (non-hydrogen) atoms. The van der Waals surface area contributed by atoms with E-state index in [2.05, 4.69) is 5.32 Å². The second-order valence-corrected chi connectivity index (χ2v) is 13.6. The maximum absolute atomic E-state index is 14.3. The third kappa shape index (κ3) is 8.06. The minimum Gasteiger partial charge on any atom is -0.494 e. The summed E-state index contributed by atoms with van der Waals surface area (Å²) < 4.78 is 34.8. The van der Waals surface area contributed by atoms with Gasteiger partial charge >= 0.3 is 0 Å². The molecule has 0 saturated heterocycles. The van der Waals surface area contributed by atoms with Crippen molar-refractivity contribution in [3.8, 4) is 5.75 Å². The molecule has 1 saturated carbocycles. The van der Waals surface area contributed by atoms with E-state index in [1.165, 1.54) is 17.0 Å². The van der Waals surface area contributed by atoms with E-state index in [4.69, 9.17) is 27.9 Å². The molecule has 1 fully saturated rings. The number of aryl methyl sites for hydroxylation is 1. The van der Waals surface area contributed by atoms with Crippen molar-refractivity contribution in [2.45, 2.75) is 76.4 Å². The fourth-order valence-corrected chi connectivity index (χ4v) is 7.31. The first kappa shape index (κ1) is 33.6. The molecule has 11 heteroatoms. The fraction of sp³-hybridized carbons (Fsp3) is 0.394. The summed E-state index contributed by atoms with van der Waals surface area (Å²) >= 11 is 13.0. The number of hydrogen-bond donors (Lipinski definition) is 1. The molecule has 1 aliphatic rings. The lowest BCUT2D eigenvalue weighted by molar-refractivity contribution is -0.140. The van der Waals surface area contributed by atoms with E-state index in [1.807, 2.05) is 20.8 Å². The Labute approximate surface area is 270 Å². The van der Waals surface area contributed by atoms with E-state index in [-0.39, 0.29) is 29.1 Å². The van der Waals surface area contributed by atoms with Crippen molar-refractivity contribution in [3.63, 3.8) is 0 Å². The smallest absolute Gasteiger partial charge is 0.264 e. The lowest BCUT2D eigenvalue weighted by atomic mass is 10.1. The fourth-order valence-electron chi connectivity index (χ4n) is 5.38. The molecule has 0 heterocycles. The molecule has 1 atom stereocenters. The summed E-state index contributed by atoms with van der Waals surface area (Å²) in [6, 6.07) is 17.2. The number of rotatable bonds is 13. The van der Waals surface area contributed by atoms with Crippen LogP contribution in [0.3, 0.4) is 0 Å². The van der Waals surface area contributed by atoms with Crippen molar-refractivity contribution in [1.29, 1.82) is 0 Å². The van der Waals surface area contributed by atoms with Gasteiger partial charge in [0.2, 0.25) is 11.8 Å². The number of benzene rings is 3. The molecule has 0 radical (unpaired) electrons. The summed E-state index contributed by atoms with van der Waals surface area (Å²) in [5, 5.41) is 3.79. The Bertz CT molecular complexity index is 1520. The van der Waals surface area contributed by atoms with Crippen LogP contribution in [-0.4, -0.2) is 50.4 Å². The molecule has 1 N–H and O–H groups in total. The van der Waals surface area contributed by atoms with E-state index < -0.39 is 28.5 Å². The number of hydrogen-bond acceptors (Lipinski definition) is 5. The minimum atomic E-state index is -4.19. The molecular weight excluding hydrogens is 621 g/mol. The Balaban J connectivity index is 1.74. The average molecular weight is 661 g/mol. The Hall–Kier alpha value is -3.27. The molecule has 0 aromatic heterocycles. The Morgan fingerprint density at radius 2 is 1.57 bits per heavy atom. The van der Waals surface area contributed by atoms with Crippen LogP contribution in [0.5, 0.6) is 5.75 Å². The molecular formula is C33H39Cl2N3O5S. The zero-order valence-electron chi connectivity index (χ0n) is 25.3. The van der Waals surface area contributed by atoms with Crippen LogP contribution in [0.1, 0.15) is 57.1 Å². The van der Waals surface area contributed by atoms with E-state index in [1.54, 1.807) is 54.6 Å². The van der Waals surface area contributed by atoms with Crippen LogP contribution >= 0.6 is 23.2 Å². The number of sulfonamides is 1. The summed E-state index contributed by atoms with van der Waals surface area (Å²) in [4.78, 5) is 29.4. The van der Waals surface area contributed by atoms with Crippen LogP contribution < -0.4 is 14.4 Å². The number of halogens is 2. The van der Waals surface area contributed by atoms with E-state index in [9.17, 15) is 18.0 Å². The first-order chi connectivity index (χ1) is 21.0. The number of nitrogens with one attached hydrogen (secondary N) is 1. The van der Waals surface area contributed by atoms with Crippen LogP contribution in [0.25, 0.3) is 0 Å². The molecule has 8 nitrogen and oxygen atoms in total. The number of carbonyl (C=O) groups is 2. The maximum atomic E-state index is 14.3. The number of anilines is 1. The van der Waals surface area contributed by atoms with Gasteiger partial charge in [-0.1, -0.05) is 66.7 Å². The third-order valence-corrected chi connectivity index (χ3v) is 10.3. The lowest BCUT2D eigenvalue weighted by Gasteiger charge is -2.34. The van der Waals surface area contributed by atoms with Gasteiger partial charge in [-0.3, -0.25) is 13.9 Å². The Morgan fingerprint density at radius 3 is 2.14 bits per heavy atom. The molecule has 0 unspecified atom stereocenters. The van der Waals surface area contributed by atoms with E-state index in [0.717, 1.165) is 35.6 Å². The van der Waals surface area contributed by atoms with Gasteiger partial charge in [0.1, 0.15) is 18.3 Å². The van der Waals surface area contributed by atoms with Gasteiger partial charge in [-0.15, -0.1) is 0 Å². The van der Waals surface area contributed by atoms with Crippen molar-refractivity contribution in [3.05, 3.63) is 87.9 Å². The molecule has 236 valence electrons. The maximum Gasteiger partial charge on any atom is 0.264 e. The topological polar surface area (TPSA) is 96.0 Å². The zero-order chi connectivity index (χ0) is 31.9. The van der Waals surface area contributed by atoms with Crippen molar-refractivity contribution >= 4 is 50.7 Å². The molecule has 1 aliphatic carbocycles. The van der Waals surface area contributed by atoms with Gasteiger partial charge in [0.05, 0.1) is 17.2 Å². The summed E-state index contributed by atoms with van der Waals surface area (Å²) in [7, 11) is -4.19. The molecule has 2 amide bonds. The summed E-state index contributed by atoms with van der Waals surface area (Å²) in [5.41, 5.74) is 1.65. The second-order valence-electron chi connectivity index (χ2n) is 10.9. The Morgan fingerprint density at radius 1 is 0.955 bits per heavy atom. The van der Waals surface area contributed by atoms with Gasteiger partial charge in [0, 0.05) is 28.2 Å². The largest absolute Gasteiger partial charge is 0.494 e. The van der Waals surface area contributed by atoms with Crippen molar-refractivity contribution in [2.75, 3.05) is 17.5 Å². The van der Waals surface area contributed by atoms with Crippen molar-refractivity contribution < 1.29 is 22.7 Å². The molecule has 0 bridgehead atoms. The molecule has 3 aromatic carbocycles. The van der Waals surface area contributed by atoms with E-state index in [0.29, 0.717) is 34.4 Å². The SMILES string of the molecule is CCOc1ccc(N(CC(=O)N(Cc2c(Cl)cccc2Cl)[C@H](CC)C(=O)NC2CCCC2)S(=O)(=O)c2ccc(C)cc2)cc1. The molecule has 0 spiro atoms. The predicted octanol–water partition coefficient (Wildman–Crippen LogP) is 6.76. The van der Waals surface area contributed by atoms with Crippen molar-refractivity contribution in [2.24, 2.45) is 0 Å². The van der Waals surface area contributed by atoms with Crippen LogP contribution in [0.2, 0.25) is 10.0 Å². The zero-order valence-corrected chi connectivity index (χ0v) is 27.6. The van der Waals surface area contributed by atoms with Gasteiger partial charge in [0.25, 0.3) is 10.0 Å². The number of ether oxygens (including phenoxy) is 1. The average Bonchev–Trinajstić information content (AvgIpc) is 3.51. The Kier molecular flexibility index (Phi) is 11.6. The number of nitrogens with zero attached hydrogens (tertiary/aromatic N) is 2. The summed E-state index contributed by atoms with van der Waals surface area (Å²) in [6.45, 7) is 5.36. The van der Waals surface area contributed by atoms with Gasteiger partial charge in [-0.05, 0) is 81.6 Å². The van der Waals surface area contributed by atoms with Crippen LogP contribution in [0.15, 0.2) is 71.6 Å². The van der Waals surface area contributed by atoms with Gasteiger partial charge < -0.3 is 15.0 Å². The summed E-state index contributed by atoms with van der Waals surface area (Å²) in [5.74, 6) is -0.288. The first-order valence-corrected chi connectivity index (χ1v) is 17.1. The van der Waals surface area contributed by atoms with Crippen molar-refractivity contribution in [1.82, 2.24) is 10.2 Å². The normalized spacial score (nSPS) is 14.2. The second kappa shape index (κ2) is 15.1. The van der Waals surface area contributed by atoms with Gasteiger partial charge in [-0.2, -0.15) is 0 Å². The molecule has 0 aliphatic heterocycles. The summed E-state index contributed by atoms with van der Waals surface area (Å²) in [6.07, 6.45) is 4.14. The highest BCUT2D eigenvalue weighted by atomic mass is 35.5. The highest BCUT2D eigenvalue weighted by molar-refractivity contribution is 7.92. The van der Waals surface area contributed by atoms with Crippen LogP contribution in [0.4, 0.5) is 5.69 Å². The predicted molar refractivity (Wildman–Crippen MR) is 175 cm³/mol. The highest BCUT2D eigenvalue weighted by Gasteiger charge is 2.35. The highest BCUT2D eigenvalue weighted by Crippen LogP contribution is 2.30. The van der Waals surface area contributed by atoms with Crippen LogP contribution in [0, 0.1) is 6.92 Å². The first-order valence-electron chi connectivity index (χ1n) is 14.9. The van der Waals surface area contributed by atoms with Crippen LogP contribution in [-0.2, 0) is 26.2 Å². The van der Waals surface area contributed by atoms with Gasteiger partial charge in [-0.25, -0.2) is 8.42 Å². The lowest BCUT2D eigenvalue weighted by Crippen LogP contribution is -2.53. The number of amides is 2.